The Morgan fingerprint density at radius 3 is 2.85 bits per heavy atom. The number of hydrazine groups is 1. The van der Waals surface area contributed by atoms with E-state index in [1.165, 1.54) is 29.3 Å². The molecule has 1 aromatic carbocycles. The van der Waals surface area contributed by atoms with E-state index in [1.54, 1.807) is 11.3 Å². The van der Waals surface area contributed by atoms with E-state index in [1.807, 2.05) is 0 Å². The molecule has 0 unspecified atom stereocenters. The van der Waals surface area contributed by atoms with E-state index < -0.39 is 0 Å². The van der Waals surface area contributed by atoms with Crippen LogP contribution in [0.2, 0.25) is 0 Å². The monoisotopic (exact) mass is 288 g/mol. The summed E-state index contributed by atoms with van der Waals surface area (Å²) in [6.45, 7) is 0. The van der Waals surface area contributed by atoms with Crippen LogP contribution in [-0.2, 0) is 0 Å². The minimum atomic E-state index is 0.396. The summed E-state index contributed by atoms with van der Waals surface area (Å²) >= 11 is 1.75. The van der Waals surface area contributed by atoms with Gasteiger partial charge < -0.3 is 5.32 Å². The van der Waals surface area contributed by atoms with Crippen LogP contribution in [0, 0.1) is 0 Å². The predicted molar refractivity (Wildman–Crippen MR) is 87.1 cm³/mol. The van der Waals surface area contributed by atoms with Crippen molar-refractivity contribution >= 4 is 33.1 Å². The molecule has 1 aliphatic carbocycles. The van der Waals surface area contributed by atoms with E-state index in [0.717, 1.165) is 18.5 Å². The Kier molecular flexibility index (Phi) is 4.18. The van der Waals surface area contributed by atoms with Crippen molar-refractivity contribution in [2.45, 2.75) is 38.1 Å². The Morgan fingerprint density at radius 1 is 1.20 bits per heavy atom. The Balaban J connectivity index is 1.74. The zero-order valence-corrected chi connectivity index (χ0v) is 12.2. The van der Waals surface area contributed by atoms with E-state index in [9.17, 15) is 0 Å². The molecule has 0 saturated heterocycles. The zero-order valence-electron chi connectivity index (χ0n) is 11.4. The van der Waals surface area contributed by atoms with Gasteiger partial charge in [-0.1, -0.05) is 19.3 Å². The first kappa shape index (κ1) is 13.4. The average molecular weight is 288 g/mol. The van der Waals surface area contributed by atoms with Gasteiger partial charge in [0.05, 0.1) is 6.04 Å². The van der Waals surface area contributed by atoms with Crippen LogP contribution in [0.1, 0.15) is 32.1 Å². The van der Waals surface area contributed by atoms with Crippen LogP contribution in [0.25, 0.3) is 10.1 Å². The van der Waals surface area contributed by atoms with Crippen LogP contribution in [0.15, 0.2) is 34.6 Å². The molecule has 0 spiro atoms. The molecular formula is C15H20N4S. The molecular weight excluding hydrogens is 268 g/mol. The second-order valence-corrected chi connectivity index (χ2v) is 6.16. The number of hydrogen-bond donors (Lipinski definition) is 3. The van der Waals surface area contributed by atoms with Gasteiger partial charge in [0.1, 0.15) is 0 Å². The molecule has 0 atom stereocenters. The Labute approximate surface area is 123 Å². The first-order valence-electron chi connectivity index (χ1n) is 7.14. The second-order valence-electron chi connectivity index (χ2n) is 5.21. The second kappa shape index (κ2) is 6.24. The number of hydrogen-bond acceptors (Lipinski definition) is 3. The van der Waals surface area contributed by atoms with E-state index in [2.05, 4.69) is 45.4 Å². The summed E-state index contributed by atoms with van der Waals surface area (Å²) < 4.78 is 1.29. The number of anilines is 1. The number of benzene rings is 1. The standard InChI is InChI=1S/C15H20N4S/c16-19-15(17-12-4-2-1-3-5-12)18-13-6-7-14-11(10-13)8-9-20-14/h6-10,12H,1-5,16H2,(H2,17,18,19). The molecule has 1 fully saturated rings. The van der Waals surface area contributed by atoms with Gasteiger partial charge in [0.2, 0.25) is 5.96 Å². The molecule has 4 N–H and O–H groups in total. The quantitative estimate of drug-likeness (QED) is 0.343. The zero-order chi connectivity index (χ0) is 13.8. The van der Waals surface area contributed by atoms with E-state index in [4.69, 9.17) is 5.84 Å². The fourth-order valence-electron chi connectivity index (χ4n) is 2.68. The molecule has 1 heterocycles. The van der Waals surface area contributed by atoms with Crippen molar-refractivity contribution in [3.05, 3.63) is 29.6 Å². The molecule has 0 amide bonds. The Bertz CT molecular complexity index is 599. The van der Waals surface area contributed by atoms with Gasteiger partial charge in [0.25, 0.3) is 0 Å². The summed E-state index contributed by atoms with van der Waals surface area (Å²) in [5.41, 5.74) is 3.70. The van der Waals surface area contributed by atoms with Crippen molar-refractivity contribution < 1.29 is 0 Å². The average Bonchev–Trinajstić information content (AvgIpc) is 2.95. The van der Waals surface area contributed by atoms with Crippen LogP contribution in [-0.4, -0.2) is 12.0 Å². The van der Waals surface area contributed by atoms with Gasteiger partial charge >= 0.3 is 0 Å². The van der Waals surface area contributed by atoms with Gasteiger partial charge in [-0.15, -0.1) is 11.3 Å². The van der Waals surface area contributed by atoms with Crippen LogP contribution in [0.3, 0.4) is 0 Å². The lowest BCUT2D eigenvalue weighted by molar-refractivity contribution is 0.442. The van der Waals surface area contributed by atoms with E-state index in [0.29, 0.717) is 12.0 Å². The maximum absolute atomic E-state index is 5.59. The van der Waals surface area contributed by atoms with Crippen molar-refractivity contribution in [3.63, 3.8) is 0 Å². The minimum absolute atomic E-state index is 0.396. The predicted octanol–water partition coefficient (Wildman–Crippen LogP) is 3.47. The molecule has 1 aliphatic rings. The lowest BCUT2D eigenvalue weighted by atomic mass is 9.96. The summed E-state index contributed by atoms with van der Waals surface area (Å²) in [5, 5.41) is 6.62. The lowest BCUT2D eigenvalue weighted by Gasteiger charge is -2.19. The van der Waals surface area contributed by atoms with Crippen molar-refractivity contribution in [1.82, 2.24) is 5.43 Å². The van der Waals surface area contributed by atoms with E-state index in [-0.39, 0.29) is 0 Å². The number of thiophene rings is 1. The first-order valence-corrected chi connectivity index (χ1v) is 8.02. The molecule has 5 heteroatoms. The highest BCUT2D eigenvalue weighted by Gasteiger charge is 2.13. The maximum Gasteiger partial charge on any atom is 0.210 e. The number of rotatable bonds is 2. The van der Waals surface area contributed by atoms with Gasteiger partial charge in [-0.2, -0.15) is 0 Å². The molecule has 1 saturated carbocycles. The normalized spacial score (nSPS) is 17.4. The molecule has 20 heavy (non-hydrogen) atoms. The molecule has 106 valence electrons. The maximum atomic E-state index is 5.59. The smallest absolute Gasteiger partial charge is 0.210 e. The third-order valence-electron chi connectivity index (χ3n) is 3.74. The highest BCUT2D eigenvalue weighted by molar-refractivity contribution is 7.17. The number of fused-ring (bicyclic) bond motifs is 1. The van der Waals surface area contributed by atoms with Crippen LogP contribution in [0.4, 0.5) is 5.69 Å². The number of aliphatic imine (C=N–C) groups is 1. The van der Waals surface area contributed by atoms with Crippen LogP contribution >= 0.6 is 11.3 Å². The largest absolute Gasteiger partial charge is 0.325 e. The SMILES string of the molecule is NNC(=NC1CCCCC1)Nc1ccc2sccc2c1. The van der Waals surface area contributed by atoms with Gasteiger partial charge in [0.15, 0.2) is 0 Å². The lowest BCUT2D eigenvalue weighted by Crippen LogP contribution is -2.37. The van der Waals surface area contributed by atoms with Gasteiger partial charge in [-0.3, -0.25) is 5.43 Å². The number of nitrogens with one attached hydrogen (secondary N) is 2. The van der Waals surface area contributed by atoms with Crippen molar-refractivity contribution in [1.29, 1.82) is 0 Å². The fourth-order valence-corrected chi connectivity index (χ4v) is 3.45. The molecule has 0 radical (unpaired) electrons. The Morgan fingerprint density at radius 2 is 2.05 bits per heavy atom. The third kappa shape index (κ3) is 3.11. The number of nitrogens with zero attached hydrogens (tertiary/aromatic N) is 1. The van der Waals surface area contributed by atoms with Crippen molar-refractivity contribution in [2.24, 2.45) is 10.8 Å². The molecule has 1 aromatic heterocycles. The highest BCUT2D eigenvalue weighted by Crippen LogP contribution is 2.24. The number of guanidine groups is 1. The van der Waals surface area contributed by atoms with Gasteiger partial charge in [-0.05, 0) is 47.9 Å². The summed E-state index contributed by atoms with van der Waals surface area (Å²) in [7, 11) is 0. The van der Waals surface area contributed by atoms with E-state index >= 15 is 0 Å². The summed E-state index contributed by atoms with van der Waals surface area (Å²) in [6, 6.07) is 8.83. The highest BCUT2D eigenvalue weighted by atomic mass is 32.1. The van der Waals surface area contributed by atoms with Crippen LogP contribution < -0.4 is 16.6 Å². The van der Waals surface area contributed by atoms with Gasteiger partial charge in [-0.25, -0.2) is 10.8 Å². The molecule has 2 aromatic rings. The summed E-state index contributed by atoms with van der Waals surface area (Å²) in [6.07, 6.45) is 6.20. The van der Waals surface area contributed by atoms with Gasteiger partial charge in [0, 0.05) is 10.4 Å². The summed E-state index contributed by atoms with van der Waals surface area (Å²) in [5.74, 6) is 6.25. The fraction of sp³-hybridized carbons (Fsp3) is 0.400. The van der Waals surface area contributed by atoms with Crippen molar-refractivity contribution in [3.8, 4) is 0 Å². The molecule has 0 aliphatic heterocycles. The topological polar surface area (TPSA) is 62.4 Å². The van der Waals surface area contributed by atoms with Crippen molar-refractivity contribution in [2.75, 3.05) is 5.32 Å². The molecule has 4 nitrogen and oxygen atoms in total. The summed E-state index contributed by atoms with van der Waals surface area (Å²) in [4.78, 5) is 4.69. The first-order chi connectivity index (χ1) is 9.85. The Hall–Kier alpha value is -1.59. The molecule has 0 bridgehead atoms. The number of nitrogens with two attached hydrogens (primary N) is 1. The van der Waals surface area contributed by atoms with Crippen LogP contribution in [0.5, 0.6) is 0 Å². The molecule has 3 rings (SSSR count). The minimum Gasteiger partial charge on any atom is -0.325 e. The third-order valence-corrected chi connectivity index (χ3v) is 4.64.